The lowest BCUT2D eigenvalue weighted by molar-refractivity contribution is -0.147. The molecule has 2 rings (SSSR count). The zero-order valence-corrected chi connectivity index (χ0v) is 14.8. The van der Waals surface area contributed by atoms with Crippen molar-refractivity contribution < 1.29 is 22.7 Å². The third kappa shape index (κ3) is 5.63. The molecule has 1 atom stereocenters. The molecule has 0 amide bonds. The summed E-state index contributed by atoms with van der Waals surface area (Å²) in [6, 6.07) is 6.02. The van der Waals surface area contributed by atoms with Crippen molar-refractivity contribution in [2.75, 3.05) is 11.0 Å². The van der Waals surface area contributed by atoms with Crippen molar-refractivity contribution in [2.24, 2.45) is 5.92 Å². The second-order valence-electron chi connectivity index (χ2n) is 6.30. The van der Waals surface area contributed by atoms with Gasteiger partial charge in [0, 0.05) is 17.7 Å². The first kappa shape index (κ1) is 18.4. The van der Waals surface area contributed by atoms with Crippen LogP contribution in [0.1, 0.15) is 49.4 Å². The Morgan fingerprint density at radius 3 is 2.33 bits per heavy atom. The Morgan fingerprint density at radius 1 is 1.21 bits per heavy atom. The van der Waals surface area contributed by atoms with Crippen LogP contribution in [0, 0.1) is 5.92 Å². The van der Waals surface area contributed by atoms with Crippen LogP contribution in [0.5, 0.6) is 0 Å². The molecule has 1 aromatic rings. The average Bonchev–Trinajstić information content (AvgIpc) is 2.98. The largest absolute Gasteiger partial charge is 0.454 e. The molecule has 0 bridgehead atoms. The highest BCUT2D eigenvalue weighted by Crippen LogP contribution is 2.28. The second kappa shape index (κ2) is 7.79. The smallest absolute Gasteiger partial charge is 0.306 e. The first-order valence-corrected chi connectivity index (χ1v) is 9.95. The molecule has 132 valence electrons. The Balaban J connectivity index is 1.91. The lowest BCUT2D eigenvalue weighted by atomic mass is 10.0. The summed E-state index contributed by atoms with van der Waals surface area (Å²) in [5.41, 5.74) is 0.746. The predicted octanol–water partition coefficient (Wildman–Crippen LogP) is 2.75. The number of carbonyl (C=O) groups is 2. The molecule has 0 unspecified atom stereocenters. The highest BCUT2D eigenvalue weighted by atomic mass is 32.2. The summed E-state index contributed by atoms with van der Waals surface area (Å²) >= 11 is 0. The van der Waals surface area contributed by atoms with Gasteiger partial charge in [-0.2, -0.15) is 0 Å². The lowest BCUT2D eigenvalue weighted by Gasteiger charge is -2.14. The third-order valence-electron chi connectivity index (χ3n) is 4.08. The molecule has 0 aliphatic heterocycles. The van der Waals surface area contributed by atoms with Gasteiger partial charge in [-0.3, -0.25) is 14.3 Å². The van der Waals surface area contributed by atoms with E-state index in [-0.39, 0.29) is 11.8 Å². The van der Waals surface area contributed by atoms with Crippen molar-refractivity contribution in [1.29, 1.82) is 0 Å². The number of anilines is 1. The van der Waals surface area contributed by atoms with Crippen LogP contribution in [0.15, 0.2) is 24.3 Å². The lowest BCUT2D eigenvalue weighted by Crippen LogP contribution is -2.25. The van der Waals surface area contributed by atoms with Gasteiger partial charge in [0.2, 0.25) is 15.8 Å². The number of Topliss-reactive ketones (excluding diaryl/α,β-unsaturated/α-hetero) is 1. The molecule has 7 heteroatoms. The molecule has 1 aromatic carbocycles. The SMILES string of the molecule is C[C@H](OC(=O)CC1CCCC1)C(=O)c1ccc(NS(C)(=O)=O)cc1. The Labute approximate surface area is 142 Å². The summed E-state index contributed by atoms with van der Waals surface area (Å²) in [6.07, 6.45) is 4.97. The Bertz CT molecular complexity index is 690. The number of ether oxygens (including phenoxy) is 1. The zero-order valence-electron chi connectivity index (χ0n) is 13.9. The topological polar surface area (TPSA) is 89.5 Å². The van der Waals surface area contributed by atoms with Gasteiger partial charge in [0.15, 0.2) is 6.10 Å². The van der Waals surface area contributed by atoms with Gasteiger partial charge >= 0.3 is 5.97 Å². The molecule has 1 aliphatic rings. The Morgan fingerprint density at radius 2 is 1.79 bits per heavy atom. The maximum Gasteiger partial charge on any atom is 0.306 e. The molecule has 0 spiro atoms. The number of rotatable bonds is 7. The van der Waals surface area contributed by atoms with E-state index in [4.69, 9.17) is 4.74 Å². The zero-order chi connectivity index (χ0) is 17.7. The van der Waals surface area contributed by atoms with E-state index < -0.39 is 16.1 Å². The van der Waals surface area contributed by atoms with E-state index in [0.29, 0.717) is 23.6 Å². The van der Waals surface area contributed by atoms with Gasteiger partial charge in [0.1, 0.15) is 0 Å². The van der Waals surface area contributed by atoms with E-state index in [1.165, 1.54) is 24.3 Å². The van der Waals surface area contributed by atoms with Crippen LogP contribution >= 0.6 is 0 Å². The van der Waals surface area contributed by atoms with Crippen molar-refractivity contribution in [1.82, 2.24) is 0 Å². The molecule has 1 saturated carbocycles. The molecule has 0 aromatic heterocycles. The van der Waals surface area contributed by atoms with E-state index in [0.717, 1.165) is 31.9 Å². The second-order valence-corrected chi connectivity index (χ2v) is 8.05. The number of esters is 1. The van der Waals surface area contributed by atoms with E-state index in [2.05, 4.69) is 4.72 Å². The summed E-state index contributed by atoms with van der Waals surface area (Å²) in [5, 5.41) is 0. The molecular weight excluding hydrogens is 330 g/mol. The summed E-state index contributed by atoms with van der Waals surface area (Å²) in [6.45, 7) is 1.55. The van der Waals surface area contributed by atoms with E-state index >= 15 is 0 Å². The summed E-state index contributed by atoms with van der Waals surface area (Å²) in [7, 11) is -3.36. The normalized spacial score (nSPS) is 16.6. The number of sulfonamides is 1. The predicted molar refractivity (Wildman–Crippen MR) is 91.4 cm³/mol. The third-order valence-corrected chi connectivity index (χ3v) is 4.69. The maximum atomic E-state index is 12.3. The fourth-order valence-electron chi connectivity index (χ4n) is 2.90. The van der Waals surface area contributed by atoms with Crippen molar-refractivity contribution in [2.45, 2.75) is 45.1 Å². The molecule has 6 nitrogen and oxygen atoms in total. The minimum absolute atomic E-state index is 0.305. The van der Waals surface area contributed by atoms with Gasteiger partial charge in [0.25, 0.3) is 0 Å². The molecular formula is C17H23NO5S. The van der Waals surface area contributed by atoms with Crippen LogP contribution < -0.4 is 4.72 Å². The van der Waals surface area contributed by atoms with Crippen molar-refractivity contribution in [3.05, 3.63) is 29.8 Å². The fraction of sp³-hybridized carbons (Fsp3) is 0.529. The van der Waals surface area contributed by atoms with Gasteiger partial charge in [-0.15, -0.1) is 0 Å². The summed E-state index contributed by atoms with van der Waals surface area (Å²) in [4.78, 5) is 24.2. The molecule has 1 N–H and O–H groups in total. The summed E-state index contributed by atoms with van der Waals surface area (Å²) in [5.74, 6) is -0.264. The highest BCUT2D eigenvalue weighted by molar-refractivity contribution is 7.92. The van der Waals surface area contributed by atoms with E-state index in [1.807, 2.05) is 0 Å². The molecule has 0 heterocycles. The van der Waals surface area contributed by atoms with Gasteiger partial charge in [-0.05, 0) is 49.9 Å². The molecule has 24 heavy (non-hydrogen) atoms. The number of carbonyl (C=O) groups excluding carboxylic acids is 2. The van der Waals surface area contributed by atoms with Gasteiger partial charge < -0.3 is 4.74 Å². The maximum absolute atomic E-state index is 12.3. The number of benzene rings is 1. The first-order valence-electron chi connectivity index (χ1n) is 8.06. The molecule has 1 aliphatic carbocycles. The highest BCUT2D eigenvalue weighted by Gasteiger charge is 2.23. The fourth-order valence-corrected chi connectivity index (χ4v) is 3.46. The summed E-state index contributed by atoms with van der Waals surface area (Å²) < 4.78 is 29.9. The molecule has 0 saturated heterocycles. The van der Waals surface area contributed by atoms with Crippen LogP contribution in [-0.2, 0) is 19.6 Å². The molecule has 1 fully saturated rings. The van der Waals surface area contributed by atoms with E-state index in [9.17, 15) is 18.0 Å². The van der Waals surface area contributed by atoms with Gasteiger partial charge in [-0.25, -0.2) is 8.42 Å². The van der Waals surface area contributed by atoms with Crippen molar-refractivity contribution in [3.8, 4) is 0 Å². The van der Waals surface area contributed by atoms with E-state index in [1.54, 1.807) is 6.92 Å². The van der Waals surface area contributed by atoms with Gasteiger partial charge in [0.05, 0.1) is 6.26 Å². The minimum atomic E-state index is -3.36. The first-order chi connectivity index (χ1) is 11.2. The Hall–Kier alpha value is -1.89. The number of nitrogens with one attached hydrogen (secondary N) is 1. The van der Waals surface area contributed by atoms with Crippen LogP contribution in [0.3, 0.4) is 0 Å². The average molecular weight is 353 g/mol. The van der Waals surface area contributed by atoms with Crippen LogP contribution in [0.25, 0.3) is 0 Å². The quantitative estimate of drug-likeness (QED) is 0.601. The van der Waals surface area contributed by atoms with Crippen LogP contribution in [0.2, 0.25) is 0 Å². The molecule has 0 radical (unpaired) electrons. The monoisotopic (exact) mass is 353 g/mol. The standard InChI is InChI=1S/C17H23NO5S/c1-12(23-16(19)11-13-5-3-4-6-13)17(20)14-7-9-15(10-8-14)18-24(2,21)22/h7-10,12-13,18H,3-6,11H2,1-2H3/t12-/m0/s1. The van der Waals surface area contributed by atoms with Crippen LogP contribution in [0.4, 0.5) is 5.69 Å². The number of hydrogen-bond acceptors (Lipinski definition) is 5. The number of hydrogen-bond donors (Lipinski definition) is 1. The van der Waals surface area contributed by atoms with Crippen molar-refractivity contribution >= 4 is 27.5 Å². The van der Waals surface area contributed by atoms with Gasteiger partial charge in [-0.1, -0.05) is 12.8 Å². The van der Waals surface area contributed by atoms with Crippen molar-refractivity contribution in [3.63, 3.8) is 0 Å². The number of ketones is 1. The van der Waals surface area contributed by atoms with Crippen LogP contribution in [-0.4, -0.2) is 32.5 Å². The Kier molecular flexibility index (Phi) is 5.99. The minimum Gasteiger partial charge on any atom is -0.454 e.